The average Bonchev–Trinajstić information content (AvgIpc) is 3.03. The number of aromatic nitrogens is 1. The van der Waals surface area contributed by atoms with Crippen molar-refractivity contribution in [2.45, 2.75) is 38.0 Å². The molecule has 3 heterocycles. The quantitative estimate of drug-likeness (QED) is 0.349. The number of hydrogen-bond donors (Lipinski definition) is 2. The van der Waals surface area contributed by atoms with E-state index in [1.807, 2.05) is 0 Å². The molecule has 30 heavy (non-hydrogen) atoms. The molecule has 0 aromatic carbocycles. The first-order valence-corrected chi connectivity index (χ1v) is 11.6. The van der Waals surface area contributed by atoms with Crippen LogP contribution in [0.15, 0.2) is 28.0 Å². The first-order chi connectivity index (χ1) is 14.1. The Morgan fingerprint density at radius 1 is 1.47 bits per heavy atom. The molecule has 1 saturated heterocycles. The molecule has 2 amide bonds. The van der Waals surface area contributed by atoms with Gasteiger partial charge < -0.3 is 10.4 Å². The summed E-state index contributed by atoms with van der Waals surface area (Å²) in [6.45, 7) is 5.32. The number of halogens is 2. The normalized spacial score (nSPS) is 21.4. The van der Waals surface area contributed by atoms with Crippen LogP contribution in [0.2, 0.25) is 4.34 Å². The second-order valence-electron chi connectivity index (χ2n) is 6.63. The van der Waals surface area contributed by atoms with E-state index in [1.54, 1.807) is 6.92 Å². The molecular weight excluding hydrogens is 470 g/mol. The Morgan fingerprint density at radius 2 is 2.17 bits per heavy atom. The Kier molecular flexibility index (Phi) is 6.77. The van der Waals surface area contributed by atoms with Crippen LogP contribution in [0.4, 0.5) is 0 Å². The summed E-state index contributed by atoms with van der Waals surface area (Å²) in [6.07, 6.45) is 5.07. The largest absolute Gasteiger partial charge is 0.477 e. The van der Waals surface area contributed by atoms with Crippen molar-refractivity contribution in [3.8, 4) is 0 Å². The topological polar surface area (TPSA) is 112 Å². The minimum atomic E-state index is -1.28. The van der Waals surface area contributed by atoms with Crippen LogP contribution in [0.1, 0.15) is 30.5 Å². The summed E-state index contributed by atoms with van der Waals surface area (Å²) < 4.78 is 0.297. The molecule has 12 heteroatoms. The van der Waals surface area contributed by atoms with Gasteiger partial charge in [-0.2, -0.15) is 0 Å². The molecule has 2 atom stereocenters. The second-order valence-corrected chi connectivity index (χ2v) is 9.54. The van der Waals surface area contributed by atoms with Crippen LogP contribution in [0, 0.1) is 0 Å². The van der Waals surface area contributed by atoms with E-state index in [1.165, 1.54) is 11.3 Å². The predicted octanol–water partition coefficient (Wildman–Crippen LogP) is 3.02. The van der Waals surface area contributed by atoms with Crippen LogP contribution in [0.5, 0.6) is 0 Å². The number of β-lactam (4-membered cyclic amide) rings is 1. The van der Waals surface area contributed by atoms with Crippen LogP contribution in [-0.2, 0) is 20.5 Å². The van der Waals surface area contributed by atoms with E-state index in [2.05, 4.69) is 28.2 Å². The van der Waals surface area contributed by atoms with Gasteiger partial charge in [-0.3, -0.25) is 14.5 Å². The standard InChI is InChI=1S/C18H17Cl2N4O4PS/c1-7(2)21-13(12-15(20)30-10(22-12)6-29-3)16(25)23-11-9-5-4-8(19)14(18(27)28)24(9)17(11)26/h9,11H,1,3-6H2,2H3,(H,23,25)(H,27,28). The molecule has 3 rings (SSSR count). The molecule has 158 valence electrons. The number of carbonyl (C=O) groups is 3. The summed E-state index contributed by atoms with van der Waals surface area (Å²) in [7, 11) is 0.855. The number of allylic oxidation sites excluding steroid dienone is 2. The monoisotopic (exact) mass is 486 g/mol. The molecule has 0 spiro atoms. The summed E-state index contributed by atoms with van der Waals surface area (Å²) in [5.41, 5.74) is 0.286. The van der Waals surface area contributed by atoms with E-state index in [0.717, 1.165) is 13.1 Å². The lowest BCUT2D eigenvalue weighted by atomic mass is 9.86. The van der Waals surface area contributed by atoms with Gasteiger partial charge >= 0.3 is 5.97 Å². The smallest absolute Gasteiger partial charge is 0.353 e. The number of fused-ring (bicyclic) bond motifs is 1. The maximum atomic E-state index is 13.0. The van der Waals surface area contributed by atoms with E-state index < -0.39 is 29.9 Å². The van der Waals surface area contributed by atoms with Gasteiger partial charge in [-0.1, -0.05) is 36.1 Å². The Hall–Kier alpha value is -2.06. The maximum Gasteiger partial charge on any atom is 0.353 e. The summed E-state index contributed by atoms with van der Waals surface area (Å²) >= 11 is 13.5. The minimum Gasteiger partial charge on any atom is -0.477 e. The maximum absolute atomic E-state index is 13.0. The van der Waals surface area contributed by atoms with Gasteiger partial charge in [0.15, 0.2) is 5.71 Å². The fraction of sp³-hybridized carbons (Fsp3) is 0.333. The molecule has 1 fully saturated rings. The van der Waals surface area contributed by atoms with Crippen LogP contribution in [-0.4, -0.2) is 56.9 Å². The third-order valence-electron chi connectivity index (χ3n) is 4.49. The fourth-order valence-corrected chi connectivity index (χ4v) is 5.34. The number of nitrogens with one attached hydrogen (secondary N) is 1. The number of carboxylic acid groups (broad SMARTS) is 1. The van der Waals surface area contributed by atoms with Gasteiger partial charge in [0.2, 0.25) is 0 Å². The van der Waals surface area contributed by atoms with E-state index in [4.69, 9.17) is 23.2 Å². The van der Waals surface area contributed by atoms with Crippen molar-refractivity contribution < 1.29 is 19.5 Å². The zero-order valence-electron chi connectivity index (χ0n) is 15.8. The number of carboxylic acids is 1. The molecule has 2 aliphatic rings. The van der Waals surface area contributed by atoms with Gasteiger partial charge in [-0.25, -0.2) is 14.8 Å². The zero-order chi connectivity index (χ0) is 22.2. The first kappa shape index (κ1) is 22.6. The summed E-state index contributed by atoms with van der Waals surface area (Å²) in [4.78, 5) is 46.7. The molecule has 0 saturated carbocycles. The number of nitrogens with zero attached hydrogens (tertiary/aromatic N) is 3. The number of hydrogen-bond acceptors (Lipinski definition) is 6. The van der Waals surface area contributed by atoms with E-state index >= 15 is 0 Å². The van der Waals surface area contributed by atoms with Gasteiger partial charge in [0.25, 0.3) is 11.8 Å². The van der Waals surface area contributed by atoms with Gasteiger partial charge in [0, 0.05) is 16.9 Å². The number of rotatable bonds is 7. The van der Waals surface area contributed by atoms with Crippen LogP contribution in [0.25, 0.3) is 0 Å². The third kappa shape index (κ3) is 4.21. The SMILES string of the molecule is C=PCc1nc(C(=NC(=C)C)C(=O)NC2C(=O)N3C(C(=O)O)=C(Cl)CCC23)c(Cl)s1. The van der Waals surface area contributed by atoms with Crippen LogP contribution >= 0.6 is 42.7 Å². The number of aliphatic imine (C=N–C) groups is 1. The molecule has 2 aliphatic heterocycles. The molecule has 0 radical (unpaired) electrons. The number of aliphatic carboxylic acids is 1. The van der Waals surface area contributed by atoms with Crippen molar-refractivity contribution in [2.24, 2.45) is 4.99 Å². The highest BCUT2D eigenvalue weighted by Gasteiger charge is 2.53. The van der Waals surface area contributed by atoms with E-state index in [-0.39, 0.29) is 22.1 Å². The lowest BCUT2D eigenvalue weighted by molar-refractivity contribution is -0.155. The highest BCUT2D eigenvalue weighted by Crippen LogP contribution is 2.38. The molecule has 1 aromatic heterocycles. The minimum absolute atomic E-state index is 0.0511. The third-order valence-corrected chi connectivity index (χ3v) is 6.85. The van der Waals surface area contributed by atoms with Gasteiger partial charge in [-0.05, 0) is 19.8 Å². The van der Waals surface area contributed by atoms with Crippen LogP contribution < -0.4 is 5.32 Å². The lowest BCUT2D eigenvalue weighted by Crippen LogP contribution is -2.72. The number of amides is 2. The van der Waals surface area contributed by atoms with E-state index in [0.29, 0.717) is 34.0 Å². The molecule has 0 bridgehead atoms. The van der Waals surface area contributed by atoms with Gasteiger partial charge in [0.1, 0.15) is 26.8 Å². The summed E-state index contributed by atoms with van der Waals surface area (Å²) in [5.74, 6) is -2.46. The fourth-order valence-electron chi connectivity index (χ4n) is 3.28. The lowest BCUT2D eigenvalue weighted by Gasteiger charge is -2.49. The number of carbonyl (C=O) groups excluding carboxylic acids is 2. The Bertz CT molecular complexity index is 1040. The Balaban J connectivity index is 1.85. The zero-order valence-corrected chi connectivity index (χ0v) is 19.0. The summed E-state index contributed by atoms with van der Waals surface area (Å²) in [5, 5.41) is 12.8. The Morgan fingerprint density at radius 3 is 2.77 bits per heavy atom. The van der Waals surface area contributed by atoms with E-state index in [9.17, 15) is 19.5 Å². The first-order valence-electron chi connectivity index (χ1n) is 8.73. The molecule has 2 unspecified atom stereocenters. The Labute approximate surface area is 188 Å². The van der Waals surface area contributed by atoms with Crippen molar-refractivity contribution in [3.05, 3.63) is 38.0 Å². The molecule has 8 nitrogen and oxygen atoms in total. The number of thiazole rings is 1. The van der Waals surface area contributed by atoms with Crippen molar-refractivity contribution in [3.63, 3.8) is 0 Å². The van der Waals surface area contributed by atoms with Gasteiger partial charge in [-0.15, -0.1) is 19.5 Å². The van der Waals surface area contributed by atoms with Crippen molar-refractivity contribution in [1.82, 2.24) is 15.2 Å². The summed E-state index contributed by atoms with van der Waals surface area (Å²) in [6, 6.07) is -1.38. The molecule has 1 aromatic rings. The molecule has 2 N–H and O–H groups in total. The van der Waals surface area contributed by atoms with Crippen molar-refractivity contribution in [2.75, 3.05) is 0 Å². The van der Waals surface area contributed by atoms with Gasteiger partial charge in [0.05, 0.1) is 6.04 Å². The van der Waals surface area contributed by atoms with Crippen LogP contribution in [0.3, 0.4) is 0 Å². The second kappa shape index (κ2) is 8.98. The average molecular weight is 487 g/mol. The van der Waals surface area contributed by atoms with Crippen molar-refractivity contribution in [1.29, 1.82) is 0 Å². The highest BCUT2D eigenvalue weighted by molar-refractivity contribution is 7.36. The molecule has 0 aliphatic carbocycles. The van der Waals surface area contributed by atoms with Crippen molar-refractivity contribution >= 4 is 72.5 Å². The predicted molar refractivity (Wildman–Crippen MR) is 119 cm³/mol. The molecular formula is C18H17Cl2N4O4PS. The highest BCUT2D eigenvalue weighted by atomic mass is 35.5.